The third kappa shape index (κ3) is 2.72. The predicted molar refractivity (Wildman–Crippen MR) is 81.2 cm³/mol. The third-order valence-electron chi connectivity index (χ3n) is 4.08. The average Bonchev–Trinajstić information content (AvgIpc) is 2.47. The van der Waals surface area contributed by atoms with Crippen molar-refractivity contribution in [1.82, 2.24) is 0 Å². The molecule has 3 nitrogen and oxygen atoms in total. The van der Waals surface area contributed by atoms with Gasteiger partial charge >= 0.3 is 7.12 Å². The molecule has 0 atom stereocenters. The van der Waals surface area contributed by atoms with Gasteiger partial charge in [0.05, 0.1) is 11.2 Å². The Labute approximate surface area is 120 Å². The second kappa shape index (κ2) is 4.69. The van der Waals surface area contributed by atoms with Gasteiger partial charge in [-0.05, 0) is 58.6 Å². The zero-order valence-corrected chi connectivity index (χ0v) is 13.8. The van der Waals surface area contributed by atoms with E-state index in [2.05, 4.69) is 0 Å². The lowest BCUT2D eigenvalue weighted by molar-refractivity contribution is 0.00578. The fourth-order valence-electron chi connectivity index (χ4n) is 2.07. The van der Waals surface area contributed by atoms with Gasteiger partial charge in [-0.2, -0.15) is 0 Å². The molecule has 0 unspecified atom stereocenters. The lowest BCUT2D eigenvalue weighted by atomic mass is 9.79. The molecule has 1 aromatic carbocycles. The van der Waals surface area contributed by atoms with E-state index < -0.39 is 31.3 Å². The van der Waals surface area contributed by atoms with Crippen molar-refractivity contribution in [2.24, 2.45) is 0 Å². The molecule has 1 heterocycles. The Kier molecular flexibility index (Phi) is 3.69. The molecule has 1 aliphatic rings. The van der Waals surface area contributed by atoms with E-state index in [0.717, 1.165) is 0 Å². The fourth-order valence-corrected chi connectivity index (χ4v) is 3.12. The lowest BCUT2D eigenvalue weighted by Gasteiger charge is -2.32. The SMILES string of the molecule is CC1(C)OB(c2ccc(F)c(P(C)(C)=O)c2)OC1(C)C. The maximum Gasteiger partial charge on any atom is 0.494 e. The van der Waals surface area contributed by atoms with E-state index in [4.69, 9.17) is 9.31 Å². The van der Waals surface area contributed by atoms with E-state index in [-0.39, 0.29) is 5.30 Å². The van der Waals surface area contributed by atoms with E-state index in [9.17, 15) is 8.96 Å². The molecule has 0 saturated carbocycles. The lowest BCUT2D eigenvalue weighted by Crippen LogP contribution is -2.41. The number of hydrogen-bond donors (Lipinski definition) is 0. The Bertz CT molecular complexity index is 564. The van der Waals surface area contributed by atoms with Crippen LogP contribution in [0.3, 0.4) is 0 Å². The fraction of sp³-hybridized carbons (Fsp3) is 0.571. The van der Waals surface area contributed by atoms with Gasteiger partial charge in [-0.15, -0.1) is 0 Å². The number of rotatable bonds is 2. The summed E-state index contributed by atoms with van der Waals surface area (Å²) in [5.74, 6) is -0.446. The van der Waals surface area contributed by atoms with Crippen molar-refractivity contribution in [3.05, 3.63) is 24.0 Å². The van der Waals surface area contributed by atoms with Crippen molar-refractivity contribution >= 4 is 25.0 Å². The minimum atomic E-state index is -2.67. The molecular formula is C14H21BFO3P. The molecule has 0 N–H and O–H groups in total. The van der Waals surface area contributed by atoms with Crippen LogP contribution in [0.2, 0.25) is 0 Å². The first-order valence-corrected chi connectivity index (χ1v) is 9.25. The van der Waals surface area contributed by atoms with Crippen LogP contribution < -0.4 is 10.8 Å². The highest BCUT2D eigenvalue weighted by Crippen LogP contribution is 2.38. The van der Waals surface area contributed by atoms with Crippen LogP contribution in [0.1, 0.15) is 27.7 Å². The summed E-state index contributed by atoms with van der Waals surface area (Å²) < 4.78 is 37.8. The summed E-state index contributed by atoms with van der Waals surface area (Å²) in [5, 5.41) is 0.240. The molecule has 1 aromatic rings. The summed E-state index contributed by atoms with van der Waals surface area (Å²) in [6.07, 6.45) is 0. The first-order valence-electron chi connectivity index (χ1n) is 6.65. The van der Waals surface area contributed by atoms with Crippen LogP contribution in [0.5, 0.6) is 0 Å². The molecule has 6 heteroatoms. The Morgan fingerprint density at radius 2 is 1.60 bits per heavy atom. The van der Waals surface area contributed by atoms with Crippen LogP contribution in [0.25, 0.3) is 0 Å². The molecule has 0 amide bonds. The minimum absolute atomic E-state index is 0.240. The van der Waals surface area contributed by atoms with Crippen molar-refractivity contribution < 1.29 is 18.3 Å². The third-order valence-corrected chi connectivity index (χ3v) is 5.58. The second-order valence-electron chi connectivity index (χ2n) is 6.65. The van der Waals surface area contributed by atoms with Crippen LogP contribution in [-0.2, 0) is 13.9 Å². The summed E-state index contributed by atoms with van der Waals surface area (Å²) in [7, 11) is -3.24. The molecule has 2 rings (SSSR count). The van der Waals surface area contributed by atoms with Gasteiger partial charge in [-0.1, -0.05) is 6.07 Å². The minimum Gasteiger partial charge on any atom is -0.399 e. The molecule has 0 aromatic heterocycles. The van der Waals surface area contributed by atoms with Crippen LogP contribution in [-0.4, -0.2) is 31.7 Å². The van der Waals surface area contributed by atoms with Crippen molar-refractivity contribution in [3.8, 4) is 0 Å². The van der Waals surface area contributed by atoms with Crippen molar-refractivity contribution in [1.29, 1.82) is 0 Å². The smallest absolute Gasteiger partial charge is 0.399 e. The van der Waals surface area contributed by atoms with Crippen LogP contribution in [0.15, 0.2) is 18.2 Å². The van der Waals surface area contributed by atoms with Gasteiger partial charge in [-0.3, -0.25) is 0 Å². The zero-order chi connectivity index (χ0) is 15.3. The summed E-state index contributed by atoms with van der Waals surface area (Å²) in [4.78, 5) is 0. The molecule has 1 saturated heterocycles. The normalized spacial score (nSPS) is 21.2. The largest absolute Gasteiger partial charge is 0.494 e. The summed E-state index contributed by atoms with van der Waals surface area (Å²) in [6.45, 7) is 11.0. The summed E-state index contributed by atoms with van der Waals surface area (Å²) in [6, 6.07) is 4.55. The first kappa shape index (κ1) is 15.7. The first-order chi connectivity index (χ1) is 8.94. The standard InChI is InChI=1S/C14H21BFO3P/c1-13(2)14(3,4)19-15(18-13)10-7-8-11(16)12(9-10)20(5,6)17/h7-9H,1-6H3. The van der Waals surface area contributed by atoms with Gasteiger partial charge in [0.25, 0.3) is 0 Å². The van der Waals surface area contributed by atoms with Gasteiger partial charge in [0.15, 0.2) is 0 Å². The quantitative estimate of drug-likeness (QED) is 0.621. The molecule has 0 spiro atoms. The highest BCUT2D eigenvalue weighted by atomic mass is 31.2. The zero-order valence-electron chi connectivity index (χ0n) is 12.9. The molecule has 20 heavy (non-hydrogen) atoms. The second-order valence-corrected chi connectivity index (χ2v) is 9.83. The Hall–Kier alpha value is -0.635. The van der Waals surface area contributed by atoms with Crippen LogP contribution >= 0.6 is 7.14 Å². The van der Waals surface area contributed by atoms with E-state index in [1.807, 2.05) is 27.7 Å². The van der Waals surface area contributed by atoms with Crippen LogP contribution in [0, 0.1) is 5.82 Å². The van der Waals surface area contributed by atoms with Gasteiger partial charge in [0, 0.05) is 5.30 Å². The molecule has 0 bridgehead atoms. The van der Waals surface area contributed by atoms with E-state index >= 15 is 0 Å². The van der Waals surface area contributed by atoms with E-state index in [0.29, 0.717) is 5.46 Å². The average molecular weight is 298 g/mol. The predicted octanol–water partition coefficient (Wildman–Crippen LogP) is 2.37. The molecular weight excluding hydrogens is 277 g/mol. The Morgan fingerprint density at radius 3 is 2.05 bits per heavy atom. The van der Waals surface area contributed by atoms with Crippen molar-refractivity contribution in [3.63, 3.8) is 0 Å². The van der Waals surface area contributed by atoms with Crippen molar-refractivity contribution in [2.45, 2.75) is 38.9 Å². The molecule has 0 radical (unpaired) electrons. The maximum absolute atomic E-state index is 13.8. The number of hydrogen-bond acceptors (Lipinski definition) is 3. The summed E-state index contributed by atoms with van der Waals surface area (Å²) in [5.41, 5.74) is -0.202. The molecule has 1 aliphatic heterocycles. The van der Waals surface area contributed by atoms with Gasteiger partial charge in [-0.25, -0.2) is 4.39 Å². The monoisotopic (exact) mass is 298 g/mol. The number of halogens is 1. The van der Waals surface area contributed by atoms with E-state index in [1.165, 1.54) is 6.07 Å². The topological polar surface area (TPSA) is 35.5 Å². The van der Waals surface area contributed by atoms with Gasteiger partial charge in [0.2, 0.25) is 0 Å². The molecule has 110 valence electrons. The summed E-state index contributed by atoms with van der Waals surface area (Å²) >= 11 is 0. The van der Waals surface area contributed by atoms with E-state index in [1.54, 1.807) is 25.5 Å². The van der Waals surface area contributed by atoms with Gasteiger partial charge in [0.1, 0.15) is 13.0 Å². The number of benzene rings is 1. The molecule has 0 aliphatic carbocycles. The van der Waals surface area contributed by atoms with Crippen LogP contribution in [0.4, 0.5) is 4.39 Å². The highest BCUT2D eigenvalue weighted by Gasteiger charge is 2.51. The van der Waals surface area contributed by atoms with Gasteiger partial charge < -0.3 is 13.9 Å². The highest BCUT2D eigenvalue weighted by molar-refractivity contribution is 7.70. The molecule has 1 fully saturated rings. The Morgan fingerprint density at radius 1 is 1.10 bits per heavy atom. The Balaban J connectivity index is 2.40. The maximum atomic E-state index is 13.8. The van der Waals surface area contributed by atoms with Crippen molar-refractivity contribution in [2.75, 3.05) is 13.3 Å².